The normalized spacial score (nSPS) is 18.2. The lowest BCUT2D eigenvalue weighted by molar-refractivity contribution is 0.204. The second-order valence-electron chi connectivity index (χ2n) is 13.4. The van der Waals surface area contributed by atoms with Crippen LogP contribution in [0.4, 0.5) is 0 Å². The van der Waals surface area contributed by atoms with Gasteiger partial charge < -0.3 is 8.83 Å². The molecule has 0 aliphatic carbocycles. The molecule has 6 heteroatoms. The molecular weight excluding hydrogens is 647 g/mol. The molecule has 3 N–H and O–H groups in total. The molecule has 4 heterocycles. The molecule has 244 valence electrons. The van der Waals surface area contributed by atoms with Crippen LogP contribution in [0.3, 0.4) is 0 Å². The van der Waals surface area contributed by atoms with Crippen LogP contribution in [0.5, 0.6) is 0 Å². The van der Waals surface area contributed by atoms with Crippen molar-refractivity contribution in [2.24, 2.45) is 0 Å². The second kappa shape index (κ2) is 11.4. The van der Waals surface area contributed by atoms with Gasteiger partial charge in [-0.3, -0.25) is 16.0 Å². The average Bonchev–Trinajstić information content (AvgIpc) is 3.89. The first kappa shape index (κ1) is 29.0. The molecular formula is C45H31N3O2S. The van der Waals surface area contributed by atoms with E-state index in [4.69, 9.17) is 8.83 Å². The molecule has 0 saturated carbocycles. The number of thiophene rings is 1. The Balaban J connectivity index is 1.05. The van der Waals surface area contributed by atoms with E-state index in [2.05, 4.69) is 149 Å². The number of furan rings is 2. The van der Waals surface area contributed by atoms with E-state index in [9.17, 15) is 0 Å². The van der Waals surface area contributed by atoms with Crippen molar-refractivity contribution in [1.82, 2.24) is 16.0 Å². The van der Waals surface area contributed by atoms with E-state index >= 15 is 0 Å². The summed E-state index contributed by atoms with van der Waals surface area (Å²) < 4.78 is 15.2. The van der Waals surface area contributed by atoms with Gasteiger partial charge in [0.25, 0.3) is 0 Å². The number of rotatable bonds is 4. The van der Waals surface area contributed by atoms with Crippen molar-refractivity contribution in [3.05, 3.63) is 168 Å². The lowest BCUT2D eigenvalue weighted by atomic mass is 9.99. The van der Waals surface area contributed by atoms with Crippen LogP contribution in [0.25, 0.3) is 75.2 Å². The zero-order valence-corrected chi connectivity index (χ0v) is 28.2. The molecule has 1 aliphatic rings. The maximum atomic E-state index is 6.50. The average molecular weight is 678 g/mol. The Morgan fingerprint density at radius 1 is 0.392 bits per heavy atom. The first-order valence-electron chi connectivity index (χ1n) is 17.4. The summed E-state index contributed by atoms with van der Waals surface area (Å²) in [6, 6.07) is 53.6. The largest absolute Gasteiger partial charge is 0.456 e. The number of hydrogen-bond donors (Lipinski definition) is 3. The second-order valence-corrected chi connectivity index (χ2v) is 14.4. The van der Waals surface area contributed by atoms with Gasteiger partial charge in [-0.25, -0.2) is 0 Å². The molecule has 7 aromatic carbocycles. The number of benzene rings is 7. The predicted molar refractivity (Wildman–Crippen MR) is 210 cm³/mol. The molecule has 10 aromatic rings. The van der Waals surface area contributed by atoms with Crippen LogP contribution in [0, 0.1) is 0 Å². The van der Waals surface area contributed by atoms with Gasteiger partial charge in [-0.2, -0.15) is 0 Å². The highest BCUT2D eigenvalue weighted by molar-refractivity contribution is 7.26. The highest BCUT2D eigenvalue weighted by Crippen LogP contribution is 2.45. The van der Waals surface area contributed by atoms with Crippen molar-refractivity contribution in [1.29, 1.82) is 0 Å². The van der Waals surface area contributed by atoms with Crippen LogP contribution in [0.1, 0.15) is 35.2 Å². The molecule has 11 rings (SSSR count). The van der Waals surface area contributed by atoms with Crippen LogP contribution in [0.15, 0.2) is 160 Å². The highest BCUT2D eigenvalue weighted by atomic mass is 32.1. The molecule has 0 amide bonds. The Morgan fingerprint density at radius 2 is 0.980 bits per heavy atom. The van der Waals surface area contributed by atoms with E-state index < -0.39 is 0 Å². The Labute approximate surface area is 297 Å². The van der Waals surface area contributed by atoms with Crippen molar-refractivity contribution in [2.45, 2.75) is 18.5 Å². The van der Waals surface area contributed by atoms with Gasteiger partial charge in [0.05, 0.1) is 18.5 Å². The van der Waals surface area contributed by atoms with E-state index in [1.54, 1.807) is 0 Å². The topological polar surface area (TPSA) is 62.4 Å². The molecule has 3 aromatic heterocycles. The summed E-state index contributed by atoms with van der Waals surface area (Å²) in [5.74, 6) is 0. The van der Waals surface area contributed by atoms with Gasteiger partial charge in [0.1, 0.15) is 22.3 Å². The van der Waals surface area contributed by atoms with E-state index in [0.29, 0.717) is 0 Å². The Kier molecular flexibility index (Phi) is 6.48. The van der Waals surface area contributed by atoms with Crippen LogP contribution in [-0.4, -0.2) is 0 Å². The molecule has 3 atom stereocenters. The molecule has 0 radical (unpaired) electrons. The zero-order valence-electron chi connectivity index (χ0n) is 27.4. The standard InChI is InChI=1S/C45H31N3O2S/c1-2-11-26(12-3-1)43-46-44(27-23-24-39-36(25-27)29-14-5-6-21-37(29)49-39)48-45(47-43)35-20-10-19-34-33-18-9-17-32(41(33)51-42(34)35)31-16-8-15-30-28-13-4-7-22-38(28)50-40(30)31/h1-25,43-48H. The van der Waals surface area contributed by atoms with Gasteiger partial charge in [-0.1, -0.05) is 127 Å². The molecule has 1 aliphatic heterocycles. The quantitative estimate of drug-likeness (QED) is 0.173. The van der Waals surface area contributed by atoms with Gasteiger partial charge in [-0.15, -0.1) is 11.3 Å². The number of nitrogens with one attached hydrogen (secondary N) is 3. The van der Waals surface area contributed by atoms with Gasteiger partial charge in [0, 0.05) is 58.4 Å². The SMILES string of the molecule is c1ccc(C2NC(c3ccc4oc5ccccc5c4c3)NC(c3cccc4c3sc3c(-c5cccc6c5oc5ccccc56)cccc34)N2)cc1. The van der Waals surface area contributed by atoms with E-state index in [-0.39, 0.29) is 18.5 Å². The molecule has 1 fully saturated rings. The van der Waals surface area contributed by atoms with E-state index in [1.165, 1.54) is 36.9 Å². The maximum Gasteiger partial charge on any atom is 0.143 e. The van der Waals surface area contributed by atoms with Crippen LogP contribution >= 0.6 is 11.3 Å². The zero-order chi connectivity index (χ0) is 33.5. The van der Waals surface area contributed by atoms with Crippen molar-refractivity contribution >= 4 is 75.4 Å². The van der Waals surface area contributed by atoms with E-state index in [0.717, 1.165) is 55.0 Å². The lowest BCUT2D eigenvalue weighted by Gasteiger charge is -2.39. The third-order valence-corrected chi connectivity index (χ3v) is 11.7. The monoisotopic (exact) mass is 677 g/mol. The molecule has 5 nitrogen and oxygen atoms in total. The number of para-hydroxylation sites is 3. The van der Waals surface area contributed by atoms with Gasteiger partial charge in [-0.05, 0) is 35.4 Å². The van der Waals surface area contributed by atoms with Crippen molar-refractivity contribution < 1.29 is 8.83 Å². The van der Waals surface area contributed by atoms with Gasteiger partial charge in [0.15, 0.2) is 0 Å². The van der Waals surface area contributed by atoms with Gasteiger partial charge in [0.2, 0.25) is 0 Å². The van der Waals surface area contributed by atoms with Crippen LogP contribution in [0.2, 0.25) is 0 Å². The van der Waals surface area contributed by atoms with Crippen molar-refractivity contribution in [3.8, 4) is 11.1 Å². The number of fused-ring (bicyclic) bond motifs is 9. The Morgan fingerprint density at radius 3 is 1.80 bits per heavy atom. The summed E-state index contributed by atoms with van der Waals surface area (Å²) in [5, 5.41) is 18.8. The minimum Gasteiger partial charge on any atom is -0.456 e. The smallest absolute Gasteiger partial charge is 0.143 e. The summed E-state index contributed by atoms with van der Waals surface area (Å²) >= 11 is 1.86. The molecule has 3 unspecified atom stereocenters. The first-order chi connectivity index (χ1) is 25.3. The minimum absolute atomic E-state index is 0.0786. The third-order valence-electron chi connectivity index (χ3n) is 10.4. The molecule has 0 spiro atoms. The summed E-state index contributed by atoms with van der Waals surface area (Å²) in [6.45, 7) is 0. The highest BCUT2D eigenvalue weighted by Gasteiger charge is 2.31. The molecule has 0 bridgehead atoms. The van der Waals surface area contributed by atoms with Crippen LogP contribution in [-0.2, 0) is 0 Å². The Bertz CT molecular complexity index is 2940. The molecule has 51 heavy (non-hydrogen) atoms. The fraction of sp³-hybridized carbons (Fsp3) is 0.0667. The minimum atomic E-state index is -0.128. The fourth-order valence-electron chi connectivity index (χ4n) is 8.02. The third kappa shape index (κ3) is 4.58. The first-order valence-corrected chi connectivity index (χ1v) is 18.2. The van der Waals surface area contributed by atoms with Gasteiger partial charge >= 0.3 is 0 Å². The van der Waals surface area contributed by atoms with Crippen molar-refractivity contribution in [3.63, 3.8) is 0 Å². The summed E-state index contributed by atoms with van der Waals surface area (Å²) in [5.41, 5.74) is 9.53. The summed E-state index contributed by atoms with van der Waals surface area (Å²) in [7, 11) is 0. The summed E-state index contributed by atoms with van der Waals surface area (Å²) in [4.78, 5) is 0. The lowest BCUT2D eigenvalue weighted by Crippen LogP contribution is -2.54. The summed E-state index contributed by atoms with van der Waals surface area (Å²) in [6.07, 6.45) is -0.326. The van der Waals surface area contributed by atoms with Crippen LogP contribution < -0.4 is 16.0 Å². The molecule has 1 saturated heterocycles. The van der Waals surface area contributed by atoms with Crippen molar-refractivity contribution in [2.75, 3.05) is 0 Å². The maximum absolute atomic E-state index is 6.50. The predicted octanol–water partition coefficient (Wildman–Crippen LogP) is 11.7. The van der Waals surface area contributed by atoms with E-state index in [1.807, 2.05) is 29.5 Å². The fourth-order valence-corrected chi connectivity index (χ4v) is 9.39. The Hall–Kier alpha value is -5.76. The number of hydrogen-bond acceptors (Lipinski definition) is 6.